The van der Waals surface area contributed by atoms with Gasteiger partial charge < -0.3 is 14.2 Å². The van der Waals surface area contributed by atoms with E-state index in [1.807, 2.05) is 30.3 Å². The molecule has 2 aliphatic heterocycles. The minimum absolute atomic E-state index is 0.206. The molecule has 3 heteroatoms. The Balaban J connectivity index is 1.24. The van der Waals surface area contributed by atoms with E-state index in [1.54, 1.807) is 0 Å². The lowest BCUT2D eigenvalue weighted by Gasteiger charge is -2.27. The van der Waals surface area contributed by atoms with Gasteiger partial charge in [-0.1, -0.05) is 31.0 Å². The molecule has 2 saturated heterocycles. The Morgan fingerprint density at radius 1 is 1.20 bits per heavy atom. The van der Waals surface area contributed by atoms with Gasteiger partial charge in [-0.05, 0) is 25.0 Å². The molecule has 1 aromatic rings. The number of benzene rings is 1. The summed E-state index contributed by atoms with van der Waals surface area (Å²) < 4.78 is 17.4. The van der Waals surface area contributed by atoms with E-state index in [9.17, 15) is 0 Å². The zero-order chi connectivity index (χ0) is 13.4. The maximum absolute atomic E-state index is 5.91. The van der Waals surface area contributed by atoms with Crippen LogP contribution in [0.15, 0.2) is 30.3 Å². The van der Waals surface area contributed by atoms with E-state index in [0.29, 0.717) is 18.1 Å². The van der Waals surface area contributed by atoms with Gasteiger partial charge in [-0.25, -0.2) is 0 Å². The highest BCUT2D eigenvalue weighted by Gasteiger charge is 2.60. The van der Waals surface area contributed by atoms with E-state index >= 15 is 0 Å². The lowest BCUT2D eigenvalue weighted by Crippen LogP contribution is -2.33. The molecule has 0 aromatic heterocycles. The van der Waals surface area contributed by atoms with E-state index in [4.69, 9.17) is 14.2 Å². The highest BCUT2D eigenvalue weighted by atomic mass is 16.6. The average Bonchev–Trinajstić information content (AvgIpc) is 3.40. The van der Waals surface area contributed by atoms with Crippen molar-refractivity contribution in [3.63, 3.8) is 0 Å². The molecule has 108 valence electrons. The Bertz CT molecular complexity index is 455. The minimum atomic E-state index is 0.206. The van der Waals surface area contributed by atoms with Crippen LogP contribution in [-0.4, -0.2) is 31.0 Å². The molecule has 1 saturated carbocycles. The zero-order valence-corrected chi connectivity index (χ0v) is 11.8. The molecule has 4 unspecified atom stereocenters. The molecule has 4 atom stereocenters. The van der Waals surface area contributed by atoms with E-state index < -0.39 is 0 Å². The number of epoxide rings is 2. The van der Waals surface area contributed by atoms with Gasteiger partial charge in [-0.15, -0.1) is 0 Å². The second-order valence-corrected chi connectivity index (χ2v) is 6.30. The van der Waals surface area contributed by atoms with Gasteiger partial charge >= 0.3 is 0 Å². The Morgan fingerprint density at radius 2 is 2.05 bits per heavy atom. The quantitative estimate of drug-likeness (QED) is 0.773. The van der Waals surface area contributed by atoms with E-state index in [-0.39, 0.29) is 5.60 Å². The van der Waals surface area contributed by atoms with Crippen molar-refractivity contribution in [2.24, 2.45) is 5.92 Å². The van der Waals surface area contributed by atoms with Crippen LogP contribution in [0.5, 0.6) is 5.75 Å². The fraction of sp³-hybridized carbons (Fsp3) is 0.647. The van der Waals surface area contributed by atoms with Gasteiger partial charge in [0.05, 0.1) is 31.0 Å². The monoisotopic (exact) mass is 274 g/mol. The van der Waals surface area contributed by atoms with Crippen LogP contribution >= 0.6 is 0 Å². The van der Waals surface area contributed by atoms with Crippen LogP contribution in [0.3, 0.4) is 0 Å². The molecule has 3 fully saturated rings. The van der Waals surface area contributed by atoms with Crippen LogP contribution in [0.2, 0.25) is 0 Å². The summed E-state index contributed by atoms with van der Waals surface area (Å²) >= 11 is 0. The highest BCUT2D eigenvalue weighted by Crippen LogP contribution is 2.52. The van der Waals surface area contributed by atoms with Crippen molar-refractivity contribution < 1.29 is 14.2 Å². The molecule has 1 aliphatic carbocycles. The van der Waals surface area contributed by atoms with Crippen LogP contribution in [-0.2, 0) is 9.47 Å². The largest absolute Gasteiger partial charge is 0.493 e. The molecule has 2 heterocycles. The summed E-state index contributed by atoms with van der Waals surface area (Å²) in [5.41, 5.74) is 0.206. The van der Waals surface area contributed by atoms with Crippen LogP contribution in [0.1, 0.15) is 32.1 Å². The zero-order valence-electron chi connectivity index (χ0n) is 11.8. The summed E-state index contributed by atoms with van der Waals surface area (Å²) in [5, 5.41) is 0. The van der Waals surface area contributed by atoms with Crippen molar-refractivity contribution in [1.82, 2.24) is 0 Å². The fourth-order valence-electron chi connectivity index (χ4n) is 3.70. The maximum Gasteiger partial charge on any atom is 0.119 e. The van der Waals surface area contributed by atoms with Gasteiger partial charge in [-0.3, -0.25) is 0 Å². The van der Waals surface area contributed by atoms with Crippen molar-refractivity contribution in [3.8, 4) is 5.75 Å². The molecule has 0 radical (unpaired) electrons. The third-order valence-corrected chi connectivity index (χ3v) is 4.99. The molecule has 0 amide bonds. The number of rotatable bonds is 5. The standard InChI is InChI=1S/C17H22O3/c1-2-6-13(7-3-1)18-11-9-15-16(20-15)14-8-4-5-10-17(14)12-19-17/h1-3,6-7,14-16H,4-5,8-12H2. The third-order valence-electron chi connectivity index (χ3n) is 4.99. The Morgan fingerprint density at radius 3 is 2.85 bits per heavy atom. The first-order valence-corrected chi connectivity index (χ1v) is 7.85. The second kappa shape index (κ2) is 5.05. The van der Waals surface area contributed by atoms with E-state index in [2.05, 4.69) is 0 Å². The molecule has 0 N–H and O–H groups in total. The van der Waals surface area contributed by atoms with Gasteiger partial charge in [0.25, 0.3) is 0 Å². The summed E-state index contributed by atoms with van der Waals surface area (Å²) in [6.45, 7) is 1.70. The van der Waals surface area contributed by atoms with Gasteiger partial charge in [0, 0.05) is 12.3 Å². The number of ether oxygens (including phenoxy) is 3. The SMILES string of the molecule is c1ccc(OCCC2OC2C2CCCCC23CO3)cc1. The van der Waals surface area contributed by atoms with Crippen molar-refractivity contribution in [2.75, 3.05) is 13.2 Å². The smallest absolute Gasteiger partial charge is 0.119 e. The molecule has 4 rings (SSSR count). The molecule has 1 spiro atoms. The topological polar surface area (TPSA) is 34.3 Å². The van der Waals surface area contributed by atoms with Gasteiger partial charge in [0.15, 0.2) is 0 Å². The first kappa shape index (κ1) is 12.7. The van der Waals surface area contributed by atoms with Crippen LogP contribution in [0, 0.1) is 5.92 Å². The lowest BCUT2D eigenvalue weighted by molar-refractivity contribution is 0.130. The molecule has 1 aromatic carbocycles. The van der Waals surface area contributed by atoms with Crippen LogP contribution < -0.4 is 4.74 Å². The van der Waals surface area contributed by atoms with Crippen molar-refractivity contribution in [2.45, 2.75) is 49.9 Å². The summed E-state index contributed by atoms with van der Waals surface area (Å²) in [4.78, 5) is 0. The van der Waals surface area contributed by atoms with E-state index in [1.165, 1.54) is 25.7 Å². The third kappa shape index (κ3) is 2.45. The molecular weight excluding hydrogens is 252 g/mol. The van der Waals surface area contributed by atoms with Crippen molar-refractivity contribution in [3.05, 3.63) is 30.3 Å². The summed E-state index contributed by atoms with van der Waals surface area (Å²) in [6.07, 6.45) is 6.99. The molecule has 20 heavy (non-hydrogen) atoms. The molecule has 0 bridgehead atoms. The van der Waals surface area contributed by atoms with E-state index in [0.717, 1.165) is 25.4 Å². The van der Waals surface area contributed by atoms with Gasteiger partial charge in [-0.2, -0.15) is 0 Å². The first-order valence-electron chi connectivity index (χ1n) is 7.85. The van der Waals surface area contributed by atoms with Gasteiger partial charge in [0.1, 0.15) is 5.75 Å². The summed E-state index contributed by atoms with van der Waals surface area (Å²) in [6, 6.07) is 10.0. The van der Waals surface area contributed by atoms with Crippen molar-refractivity contribution >= 4 is 0 Å². The summed E-state index contributed by atoms with van der Waals surface area (Å²) in [5.74, 6) is 1.59. The Hall–Kier alpha value is -1.06. The number of hydrogen-bond donors (Lipinski definition) is 0. The fourth-order valence-corrected chi connectivity index (χ4v) is 3.70. The van der Waals surface area contributed by atoms with Crippen LogP contribution in [0.4, 0.5) is 0 Å². The predicted molar refractivity (Wildman–Crippen MR) is 75.9 cm³/mol. The van der Waals surface area contributed by atoms with Gasteiger partial charge in [0.2, 0.25) is 0 Å². The predicted octanol–water partition coefficient (Wildman–Crippen LogP) is 3.18. The maximum atomic E-state index is 5.91. The first-order chi connectivity index (χ1) is 9.87. The average molecular weight is 274 g/mol. The highest BCUT2D eigenvalue weighted by molar-refractivity contribution is 5.20. The Labute approximate surface area is 120 Å². The second-order valence-electron chi connectivity index (χ2n) is 6.30. The summed E-state index contributed by atoms with van der Waals surface area (Å²) in [7, 11) is 0. The van der Waals surface area contributed by atoms with Crippen molar-refractivity contribution in [1.29, 1.82) is 0 Å². The normalized spacial score (nSPS) is 38.7. The number of hydrogen-bond acceptors (Lipinski definition) is 3. The molecular formula is C17H22O3. The number of para-hydroxylation sites is 1. The van der Waals surface area contributed by atoms with Crippen LogP contribution in [0.25, 0.3) is 0 Å². The Kier molecular flexibility index (Phi) is 3.20. The minimum Gasteiger partial charge on any atom is -0.493 e. The lowest BCUT2D eigenvalue weighted by atomic mass is 9.76. The molecule has 3 aliphatic rings. The molecule has 3 nitrogen and oxygen atoms in total.